The Labute approximate surface area is 106 Å². The fourth-order valence-corrected chi connectivity index (χ4v) is 1.79. The zero-order valence-corrected chi connectivity index (χ0v) is 10.7. The van der Waals surface area contributed by atoms with Crippen molar-refractivity contribution < 1.29 is 4.42 Å². The summed E-state index contributed by atoms with van der Waals surface area (Å²) in [7, 11) is 0. The number of aryl methyl sites for hydroxylation is 2. The van der Waals surface area contributed by atoms with Crippen molar-refractivity contribution in [3.8, 4) is 0 Å². The lowest BCUT2D eigenvalue weighted by Crippen LogP contribution is -2.12. The molecule has 0 aliphatic rings. The van der Waals surface area contributed by atoms with Gasteiger partial charge in [-0.3, -0.25) is 0 Å². The van der Waals surface area contributed by atoms with Crippen molar-refractivity contribution >= 4 is 11.6 Å². The maximum atomic E-state index is 5.91. The van der Waals surface area contributed by atoms with E-state index in [-0.39, 0.29) is 0 Å². The lowest BCUT2D eigenvalue weighted by molar-refractivity contribution is 0.448. The third-order valence-corrected chi connectivity index (χ3v) is 2.80. The van der Waals surface area contributed by atoms with Gasteiger partial charge in [0.1, 0.15) is 5.76 Å². The Balaban J connectivity index is 1.87. The van der Waals surface area contributed by atoms with Crippen LogP contribution in [-0.2, 0) is 13.1 Å². The fraction of sp³-hybridized carbons (Fsp3) is 0.308. The minimum Gasteiger partial charge on any atom is -0.444 e. The standard InChI is InChI=1S/C13H15ClN2O/c1-9-10(2)17-13(16-9)8-15-7-11-4-3-5-12(14)6-11/h3-6,15H,7-8H2,1-2H3. The lowest BCUT2D eigenvalue weighted by Gasteiger charge is -2.02. The number of rotatable bonds is 4. The number of benzene rings is 1. The number of oxazole rings is 1. The quantitative estimate of drug-likeness (QED) is 0.905. The van der Waals surface area contributed by atoms with Gasteiger partial charge in [0.05, 0.1) is 12.2 Å². The molecule has 0 aliphatic heterocycles. The molecule has 0 saturated carbocycles. The molecule has 1 N–H and O–H groups in total. The highest BCUT2D eigenvalue weighted by Gasteiger charge is 2.04. The highest BCUT2D eigenvalue weighted by Crippen LogP contribution is 2.11. The Morgan fingerprint density at radius 3 is 2.76 bits per heavy atom. The van der Waals surface area contributed by atoms with E-state index in [0.717, 1.165) is 34.5 Å². The van der Waals surface area contributed by atoms with Crippen LogP contribution in [0.15, 0.2) is 28.7 Å². The topological polar surface area (TPSA) is 38.1 Å². The predicted octanol–water partition coefficient (Wildman–Crippen LogP) is 3.23. The highest BCUT2D eigenvalue weighted by atomic mass is 35.5. The van der Waals surface area contributed by atoms with Gasteiger partial charge in [-0.05, 0) is 31.5 Å². The Hall–Kier alpha value is -1.32. The first-order valence-corrected chi connectivity index (χ1v) is 5.91. The first kappa shape index (κ1) is 12.1. The van der Waals surface area contributed by atoms with E-state index in [2.05, 4.69) is 10.3 Å². The molecule has 0 unspecified atom stereocenters. The second-order valence-electron chi connectivity index (χ2n) is 3.98. The summed E-state index contributed by atoms with van der Waals surface area (Å²) >= 11 is 5.91. The van der Waals surface area contributed by atoms with Crippen molar-refractivity contribution in [2.75, 3.05) is 0 Å². The van der Waals surface area contributed by atoms with Gasteiger partial charge < -0.3 is 9.73 Å². The van der Waals surface area contributed by atoms with Gasteiger partial charge in [-0.1, -0.05) is 23.7 Å². The average Bonchev–Trinajstić information content (AvgIpc) is 2.58. The molecule has 4 heteroatoms. The number of nitrogens with one attached hydrogen (secondary N) is 1. The summed E-state index contributed by atoms with van der Waals surface area (Å²) in [6, 6.07) is 7.79. The smallest absolute Gasteiger partial charge is 0.208 e. The number of hydrogen-bond acceptors (Lipinski definition) is 3. The summed E-state index contributed by atoms with van der Waals surface area (Å²) in [6.07, 6.45) is 0. The number of halogens is 1. The monoisotopic (exact) mass is 250 g/mol. The largest absolute Gasteiger partial charge is 0.444 e. The molecule has 3 nitrogen and oxygen atoms in total. The van der Waals surface area contributed by atoms with E-state index in [1.54, 1.807) is 0 Å². The van der Waals surface area contributed by atoms with Crippen LogP contribution in [0.3, 0.4) is 0 Å². The number of aromatic nitrogens is 1. The van der Waals surface area contributed by atoms with Crippen molar-refractivity contribution in [1.29, 1.82) is 0 Å². The summed E-state index contributed by atoms with van der Waals surface area (Å²) in [6.45, 7) is 5.24. The van der Waals surface area contributed by atoms with Crippen molar-refractivity contribution in [1.82, 2.24) is 10.3 Å². The summed E-state index contributed by atoms with van der Waals surface area (Å²) in [5.41, 5.74) is 2.10. The third-order valence-electron chi connectivity index (χ3n) is 2.57. The van der Waals surface area contributed by atoms with E-state index in [1.807, 2.05) is 38.1 Å². The molecule has 0 spiro atoms. The maximum Gasteiger partial charge on any atom is 0.208 e. The Kier molecular flexibility index (Phi) is 3.82. The summed E-state index contributed by atoms with van der Waals surface area (Å²) in [4.78, 5) is 4.30. The molecule has 17 heavy (non-hydrogen) atoms. The van der Waals surface area contributed by atoms with Crippen LogP contribution < -0.4 is 5.32 Å². The summed E-state index contributed by atoms with van der Waals surface area (Å²) < 4.78 is 5.48. The third kappa shape index (κ3) is 3.32. The molecule has 90 valence electrons. The van der Waals surface area contributed by atoms with Crippen LogP contribution in [0.5, 0.6) is 0 Å². The maximum absolute atomic E-state index is 5.91. The van der Waals surface area contributed by atoms with E-state index >= 15 is 0 Å². The molecule has 0 bridgehead atoms. The van der Waals surface area contributed by atoms with Gasteiger partial charge >= 0.3 is 0 Å². The normalized spacial score (nSPS) is 10.8. The lowest BCUT2D eigenvalue weighted by atomic mass is 10.2. The minimum atomic E-state index is 0.626. The molecule has 1 aromatic carbocycles. The SMILES string of the molecule is Cc1nc(CNCc2cccc(Cl)c2)oc1C. The fourth-order valence-electron chi connectivity index (χ4n) is 1.58. The molecule has 1 heterocycles. The Morgan fingerprint density at radius 2 is 2.12 bits per heavy atom. The van der Waals surface area contributed by atoms with Crippen LogP contribution in [0.1, 0.15) is 22.9 Å². The van der Waals surface area contributed by atoms with Gasteiger partial charge in [-0.25, -0.2) is 4.98 Å². The summed E-state index contributed by atoms with van der Waals surface area (Å²) in [5, 5.41) is 4.03. The van der Waals surface area contributed by atoms with Gasteiger partial charge in [0, 0.05) is 11.6 Å². The van der Waals surface area contributed by atoms with Crippen molar-refractivity contribution in [2.45, 2.75) is 26.9 Å². The van der Waals surface area contributed by atoms with E-state index in [1.165, 1.54) is 0 Å². The Bertz CT molecular complexity index is 488. The zero-order valence-electron chi connectivity index (χ0n) is 9.96. The molecule has 2 aromatic rings. The highest BCUT2D eigenvalue weighted by molar-refractivity contribution is 6.30. The van der Waals surface area contributed by atoms with Crippen LogP contribution in [-0.4, -0.2) is 4.98 Å². The van der Waals surface area contributed by atoms with Crippen molar-refractivity contribution in [3.63, 3.8) is 0 Å². The minimum absolute atomic E-state index is 0.626. The first-order chi connectivity index (χ1) is 8.15. The van der Waals surface area contributed by atoms with Gasteiger partial charge in [-0.2, -0.15) is 0 Å². The average molecular weight is 251 g/mol. The predicted molar refractivity (Wildman–Crippen MR) is 68.0 cm³/mol. The second-order valence-corrected chi connectivity index (χ2v) is 4.42. The van der Waals surface area contributed by atoms with Crippen LogP contribution >= 0.6 is 11.6 Å². The molecular formula is C13H15ClN2O. The van der Waals surface area contributed by atoms with E-state index in [9.17, 15) is 0 Å². The molecule has 0 radical (unpaired) electrons. The molecule has 2 rings (SSSR count). The molecular weight excluding hydrogens is 236 g/mol. The van der Waals surface area contributed by atoms with Gasteiger partial charge in [0.25, 0.3) is 0 Å². The molecule has 0 fully saturated rings. The second kappa shape index (κ2) is 5.34. The van der Waals surface area contributed by atoms with E-state index < -0.39 is 0 Å². The van der Waals surface area contributed by atoms with Crippen LogP contribution in [0.2, 0.25) is 5.02 Å². The van der Waals surface area contributed by atoms with Gasteiger partial charge in [0.2, 0.25) is 5.89 Å². The molecule has 0 aliphatic carbocycles. The Morgan fingerprint density at radius 1 is 1.29 bits per heavy atom. The molecule has 0 amide bonds. The molecule has 0 atom stereocenters. The first-order valence-electron chi connectivity index (χ1n) is 5.53. The van der Waals surface area contributed by atoms with Crippen molar-refractivity contribution in [3.05, 3.63) is 52.2 Å². The van der Waals surface area contributed by atoms with E-state index in [4.69, 9.17) is 16.0 Å². The molecule has 0 saturated heterocycles. The van der Waals surface area contributed by atoms with E-state index in [0.29, 0.717) is 6.54 Å². The number of hydrogen-bond donors (Lipinski definition) is 1. The van der Waals surface area contributed by atoms with Crippen LogP contribution in [0.25, 0.3) is 0 Å². The van der Waals surface area contributed by atoms with Gasteiger partial charge in [0.15, 0.2) is 0 Å². The van der Waals surface area contributed by atoms with Crippen molar-refractivity contribution in [2.24, 2.45) is 0 Å². The zero-order chi connectivity index (χ0) is 12.3. The molecule has 1 aromatic heterocycles. The van der Waals surface area contributed by atoms with Gasteiger partial charge in [-0.15, -0.1) is 0 Å². The summed E-state index contributed by atoms with van der Waals surface area (Å²) in [5.74, 6) is 1.60. The van der Waals surface area contributed by atoms with Crippen LogP contribution in [0, 0.1) is 13.8 Å². The number of nitrogens with zero attached hydrogens (tertiary/aromatic N) is 1. The van der Waals surface area contributed by atoms with Crippen LogP contribution in [0.4, 0.5) is 0 Å².